The SMILES string of the molecule is O.O.O.O.O.O.O=C(O)OC(=O)O.[H-].[H-].[H-].[H-].[Mg+2].[Mg+2]. The van der Waals surface area contributed by atoms with Gasteiger partial charge in [0.1, 0.15) is 0 Å². The zero-order valence-corrected chi connectivity index (χ0v) is 10.4. The molecule has 96 valence electrons. The van der Waals surface area contributed by atoms with Gasteiger partial charge in [0.15, 0.2) is 0 Å². The Kier molecular flexibility index (Phi) is 261. The van der Waals surface area contributed by atoms with E-state index in [0.29, 0.717) is 0 Å². The minimum Gasteiger partial charge on any atom is -1.00 e. The van der Waals surface area contributed by atoms with Gasteiger partial charge in [-0.2, -0.15) is 0 Å². The van der Waals surface area contributed by atoms with Crippen LogP contribution in [0.5, 0.6) is 0 Å². The molecule has 14 N–H and O–H groups in total. The van der Waals surface area contributed by atoms with Gasteiger partial charge in [-0.3, -0.25) is 0 Å². The van der Waals surface area contributed by atoms with E-state index in [1.54, 1.807) is 0 Å². The topological polar surface area (TPSA) is 273 Å². The van der Waals surface area contributed by atoms with Crippen LogP contribution in [0.15, 0.2) is 0 Å². The molecule has 0 spiro atoms. The molecule has 0 aliphatic rings. The van der Waals surface area contributed by atoms with Crippen molar-refractivity contribution in [1.82, 2.24) is 0 Å². The maximum atomic E-state index is 9.21. The van der Waals surface area contributed by atoms with E-state index in [-0.39, 0.29) is 84.7 Å². The van der Waals surface area contributed by atoms with Crippen molar-refractivity contribution >= 4 is 58.4 Å². The summed E-state index contributed by atoms with van der Waals surface area (Å²) < 4.78 is 3.08. The molecule has 0 saturated heterocycles. The number of hydrogen-bond donors (Lipinski definition) is 2. The molecule has 0 radical (unpaired) electrons. The smallest absolute Gasteiger partial charge is 1.00 e. The Labute approximate surface area is 121 Å². The molecule has 0 atom stereocenters. The second-order valence-corrected chi connectivity index (χ2v) is 0.634. The fourth-order valence-electron chi connectivity index (χ4n) is 0.0747. The molecule has 15 heavy (non-hydrogen) atoms. The van der Waals surface area contributed by atoms with Crippen LogP contribution in [0.3, 0.4) is 0 Å². The number of hydrogen-bond acceptors (Lipinski definition) is 3. The summed E-state index contributed by atoms with van der Waals surface area (Å²) in [4.78, 5) is 18.4. The normalized spacial score (nSPS) is 3.47. The van der Waals surface area contributed by atoms with Gasteiger partial charge < -0.3 is 53.5 Å². The van der Waals surface area contributed by atoms with E-state index < -0.39 is 12.3 Å². The summed E-state index contributed by atoms with van der Waals surface area (Å²) in [6.45, 7) is 0. The number of carbonyl (C=O) groups is 2. The van der Waals surface area contributed by atoms with Crippen LogP contribution in [-0.4, -0.2) is 101 Å². The molecule has 0 aromatic heterocycles. The Bertz CT molecular complexity index is 107. The molecular weight excluding hydrogens is 249 g/mol. The second kappa shape index (κ2) is 48.2. The molecule has 11 nitrogen and oxygen atoms in total. The predicted octanol–water partition coefficient (Wildman–Crippen LogP) is -4.90. The number of carboxylic acid groups (broad SMARTS) is 2. The van der Waals surface area contributed by atoms with Crippen LogP contribution >= 0.6 is 0 Å². The molecular formula is C2H18Mg2O11. The molecule has 0 aromatic rings. The average molecular weight is 267 g/mol. The largest absolute Gasteiger partial charge is 2.00 e. The van der Waals surface area contributed by atoms with Gasteiger partial charge in [0.05, 0.1) is 0 Å². The molecule has 13 heteroatoms. The zero-order valence-electron chi connectivity index (χ0n) is 11.5. The Hall–Kier alpha value is 0.0325. The average Bonchev–Trinajstić information content (AvgIpc) is 1.27. The Morgan fingerprint density at radius 2 is 0.867 bits per heavy atom. The second-order valence-electron chi connectivity index (χ2n) is 0.634. The standard InChI is InChI=1S/C2H2O5.2Mg.6H2O.4H/c3-1(4)7-2(5)6;;;;;;;;;;;;/h(H,3,4)(H,5,6);;;6*1H2;;;;/q;2*+2;;;;;;;4*-1. The summed E-state index contributed by atoms with van der Waals surface area (Å²) in [6, 6.07) is 0. The van der Waals surface area contributed by atoms with Gasteiger partial charge in [-0.15, -0.1) is 0 Å². The first kappa shape index (κ1) is 81.3. The summed E-state index contributed by atoms with van der Waals surface area (Å²) in [7, 11) is 0. The van der Waals surface area contributed by atoms with Crippen LogP contribution < -0.4 is 0 Å². The van der Waals surface area contributed by atoms with Gasteiger partial charge in [-0.25, -0.2) is 9.59 Å². The third kappa shape index (κ3) is 125. The Balaban J connectivity index is -0.00000000273. The quantitative estimate of drug-likeness (QED) is 0.247. The van der Waals surface area contributed by atoms with Crippen molar-refractivity contribution in [1.29, 1.82) is 0 Å². The van der Waals surface area contributed by atoms with Crippen molar-refractivity contribution in [2.45, 2.75) is 0 Å². The van der Waals surface area contributed by atoms with E-state index in [4.69, 9.17) is 10.2 Å². The van der Waals surface area contributed by atoms with Crippen molar-refractivity contribution < 1.29 is 63.1 Å². The summed E-state index contributed by atoms with van der Waals surface area (Å²) in [5.41, 5.74) is 0. The van der Waals surface area contributed by atoms with E-state index in [9.17, 15) is 9.59 Å². The maximum Gasteiger partial charge on any atom is 2.00 e. The van der Waals surface area contributed by atoms with Gasteiger partial charge >= 0.3 is 58.4 Å². The van der Waals surface area contributed by atoms with Crippen molar-refractivity contribution in [3.63, 3.8) is 0 Å². The first-order valence-electron chi connectivity index (χ1n) is 1.26. The van der Waals surface area contributed by atoms with Crippen LogP contribution in [0, 0.1) is 0 Å². The molecule has 0 fully saturated rings. The van der Waals surface area contributed by atoms with Crippen LogP contribution in [0.1, 0.15) is 5.71 Å². The summed E-state index contributed by atoms with van der Waals surface area (Å²) in [6.07, 6.45) is -3.62. The monoisotopic (exact) mass is 266 g/mol. The third-order valence-corrected chi connectivity index (χ3v) is 0.175. The van der Waals surface area contributed by atoms with E-state index in [1.165, 1.54) is 0 Å². The van der Waals surface area contributed by atoms with Gasteiger partial charge in [-0.1, -0.05) is 0 Å². The zero-order chi connectivity index (χ0) is 5.86. The van der Waals surface area contributed by atoms with E-state index in [2.05, 4.69) is 4.74 Å². The maximum absolute atomic E-state index is 9.21. The van der Waals surface area contributed by atoms with Crippen LogP contribution in [0.2, 0.25) is 0 Å². The predicted molar refractivity (Wildman–Crippen MR) is 54.8 cm³/mol. The molecule has 0 aromatic carbocycles. The molecule has 0 amide bonds. The van der Waals surface area contributed by atoms with Crippen molar-refractivity contribution in [2.75, 3.05) is 0 Å². The van der Waals surface area contributed by atoms with E-state index in [0.717, 1.165) is 0 Å². The van der Waals surface area contributed by atoms with Crippen LogP contribution in [0.4, 0.5) is 9.59 Å². The third-order valence-electron chi connectivity index (χ3n) is 0.175. The molecule has 0 heterocycles. The minimum atomic E-state index is -1.81. The van der Waals surface area contributed by atoms with E-state index >= 15 is 0 Å². The summed E-state index contributed by atoms with van der Waals surface area (Å²) in [5.74, 6) is 0. The van der Waals surface area contributed by atoms with Gasteiger partial charge in [0.2, 0.25) is 0 Å². The summed E-state index contributed by atoms with van der Waals surface area (Å²) >= 11 is 0. The van der Waals surface area contributed by atoms with Gasteiger partial charge in [-0.05, 0) is 0 Å². The molecule has 0 rings (SSSR count). The Morgan fingerprint density at radius 3 is 0.867 bits per heavy atom. The fourth-order valence-corrected chi connectivity index (χ4v) is 0.0747. The first-order chi connectivity index (χ1) is 3.13. The van der Waals surface area contributed by atoms with Crippen LogP contribution in [-0.2, 0) is 4.74 Å². The molecule has 0 saturated carbocycles. The van der Waals surface area contributed by atoms with Crippen molar-refractivity contribution in [3.05, 3.63) is 0 Å². The van der Waals surface area contributed by atoms with Crippen molar-refractivity contribution in [3.8, 4) is 0 Å². The molecule has 0 aliphatic carbocycles. The number of ether oxygens (including phenoxy) is 1. The Morgan fingerprint density at radius 1 is 0.733 bits per heavy atom. The van der Waals surface area contributed by atoms with Gasteiger partial charge in [0, 0.05) is 0 Å². The van der Waals surface area contributed by atoms with Crippen LogP contribution in [0.25, 0.3) is 0 Å². The first-order valence-corrected chi connectivity index (χ1v) is 1.26. The van der Waals surface area contributed by atoms with E-state index in [1.807, 2.05) is 0 Å². The number of rotatable bonds is 0. The fraction of sp³-hybridized carbons (Fsp3) is 0. The molecule has 0 aliphatic heterocycles. The molecule has 0 bridgehead atoms. The molecule has 0 unspecified atom stereocenters. The minimum absolute atomic E-state index is 0. The summed E-state index contributed by atoms with van der Waals surface area (Å²) in [5, 5.41) is 15.0. The van der Waals surface area contributed by atoms with Gasteiger partial charge in [0.25, 0.3) is 0 Å². The van der Waals surface area contributed by atoms with Crippen molar-refractivity contribution in [2.24, 2.45) is 0 Å².